The summed E-state index contributed by atoms with van der Waals surface area (Å²) >= 11 is 3.30. The van der Waals surface area contributed by atoms with Gasteiger partial charge in [0.2, 0.25) is 11.5 Å². The SMILES string of the molecule is CCCCCCCCCCOc1cc(-c2c3nc(c(C#Cc4ccsc4)c4ccc([nH]4)c(-c4cc(OCCCCCCCCCC)c(OCCCCCCCCCC)c(OCCCCCCCCCC)c4)c4nc(c(C#Cc5ccsc5)c5ccc2[nH]5)C=C4)C=C3)cc(OCCCCCCCCCC)c1OCCCCCCCCCC. The Kier molecular flexibility index (Phi) is 45.1. The van der Waals surface area contributed by atoms with Crippen molar-refractivity contribution in [2.24, 2.45) is 0 Å². The zero-order valence-electron chi connectivity index (χ0n) is 72.7. The second kappa shape index (κ2) is 56.7. The Balaban J connectivity index is 1.23. The molecule has 2 aromatic carbocycles. The summed E-state index contributed by atoms with van der Waals surface area (Å²) in [6.07, 6.45) is 66.8. The van der Waals surface area contributed by atoms with E-state index in [1.807, 2.05) is 0 Å². The van der Waals surface area contributed by atoms with Crippen molar-refractivity contribution in [3.8, 4) is 80.4 Å². The monoisotopic (exact) mass is 1610 g/mol. The smallest absolute Gasteiger partial charge is 0.203 e. The van der Waals surface area contributed by atoms with Gasteiger partial charge in [-0.3, -0.25) is 0 Å². The highest BCUT2D eigenvalue weighted by Crippen LogP contribution is 2.47. The molecule has 630 valence electrons. The summed E-state index contributed by atoms with van der Waals surface area (Å²) in [4.78, 5) is 19.5. The van der Waals surface area contributed by atoms with Crippen molar-refractivity contribution in [3.63, 3.8) is 0 Å². The molecule has 0 fully saturated rings. The van der Waals surface area contributed by atoms with Crippen LogP contribution in [0, 0.1) is 23.7 Å². The molecule has 0 unspecified atom stereocenters. The van der Waals surface area contributed by atoms with Crippen LogP contribution >= 0.6 is 22.7 Å². The topological polar surface area (TPSA) is 113 Å². The fraction of sp³-hybridized carbons (Fsp3) is 0.577. The summed E-state index contributed by atoms with van der Waals surface area (Å²) in [6.45, 7) is 17.2. The van der Waals surface area contributed by atoms with Crippen LogP contribution < -0.4 is 28.4 Å². The lowest BCUT2D eigenvalue weighted by atomic mass is 10.0. The maximum absolute atomic E-state index is 7.10. The zero-order chi connectivity index (χ0) is 80.9. The van der Waals surface area contributed by atoms with Crippen LogP contribution in [0.2, 0.25) is 0 Å². The molecular formula is C104H146N4O6S2. The van der Waals surface area contributed by atoms with Crippen molar-refractivity contribution in [1.29, 1.82) is 0 Å². The van der Waals surface area contributed by atoms with E-state index >= 15 is 0 Å². The van der Waals surface area contributed by atoms with E-state index in [1.54, 1.807) is 22.7 Å². The van der Waals surface area contributed by atoms with Gasteiger partial charge in [-0.15, -0.1) is 0 Å². The fourth-order valence-corrected chi connectivity index (χ4v) is 16.8. The molecule has 7 aromatic rings. The number of unbranched alkanes of at least 4 members (excludes halogenated alkanes) is 42. The number of aromatic nitrogens is 4. The quantitative estimate of drug-likeness (QED) is 0.0286. The van der Waals surface area contributed by atoms with Crippen LogP contribution in [0.4, 0.5) is 0 Å². The van der Waals surface area contributed by atoms with E-state index in [0.29, 0.717) is 74.1 Å². The third-order valence-electron chi connectivity index (χ3n) is 22.6. The Morgan fingerprint density at radius 1 is 0.267 bits per heavy atom. The molecule has 0 saturated heterocycles. The molecule has 0 atom stereocenters. The summed E-state index contributed by atoms with van der Waals surface area (Å²) in [5, 5.41) is 8.40. The van der Waals surface area contributed by atoms with E-state index in [4.69, 9.17) is 38.4 Å². The van der Waals surface area contributed by atoms with Crippen LogP contribution in [0.3, 0.4) is 0 Å². The molecule has 0 amide bonds. The van der Waals surface area contributed by atoms with E-state index in [0.717, 1.165) is 166 Å². The molecule has 0 aliphatic carbocycles. The summed E-state index contributed by atoms with van der Waals surface area (Å²) in [6, 6.07) is 21.6. The molecule has 12 heteroatoms. The minimum absolute atomic E-state index is 0.570. The van der Waals surface area contributed by atoms with Crippen LogP contribution in [0.15, 0.2) is 82.2 Å². The summed E-state index contributed by atoms with van der Waals surface area (Å²) < 4.78 is 42.5. The number of fused-ring (bicyclic) bond motifs is 8. The van der Waals surface area contributed by atoms with Crippen molar-refractivity contribution in [2.45, 2.75) is 350 Å². The molecule has 2 aliphatic heterocycles. The molecule has 10 nitrogen and oxygen atoms in total. The first-order chi connectivity index (χ1) is 57.4. The zero-order valence-corrected chi connectivity index (χ0v) is 74.4. The highest BCUT2D eigenvalue weighted by molar-refractivity contribution is 7.08. The van der Waals surface area contributed by atoms with Gasteiger partial charge in [0.1, 0.15) is 0 Å². The molecule has 8 bridgehead atoms. The lowest BCUT2D eigenvalue weighted by Gasteiger charge is -2.19. The first-order valence-corrected chi connectivity index (χ1v) is 48.7. The largest absolute Gasteiger partial charge is 0.490 e. The van der Waals surface area contributed by atoms with Crippen molar-refractivity contribution in [2.75, 3.05) is 39.6 Å². The normalized spacial score (nSPS) is 11.6. The van der Waals surface area contributed by atoms with Crippen LogP contribution in [0.5, 0.6) is 34.5 Å². The number of benzene rings is 2. The molecule has 9 rings (SSSR count). The van der Waals surface area contributed by atoms with Gasteiger partial charge in [-0.05, 0) is 145 Å². The molecule has 0 radical (unpaired) electrons. The van der Waals surface area contributed by atoms with Crippen molar-refractivity contribution < 1.29 is 28.4 Å². The standard InChI is InChI=1S/C104H146N4O6S2/c1-7-13-19-25-31-37-43-49-69-109-97-77-85(78-98(110-70-50-44-38-32-26-20-14-8-2)103(97)113-73-53-47-41-35-29-23-17-11-5)101-93-63-59-89(105-93)87(57-55-83-67-75-115-81-83)91-61-65-95(107-91)102(96-66-62-92(108-96)88(90-60-64-94(101)106-90)58-56-84-68-76-116-82-84)86-79-99(111-71-51-45-39-33-27-21-15-9-3)104(114-74-54-48-42-36-30-24-18-12-6)100(80-86)112-72-52-46-40-34-28-22-16-10-4/h59-68,75-82,105,108H,7-54,69-74H2,1-6H3. The van der Waals surface area contributed by atoms with Gasteiger partial charge in [0, 0.05) is 44.0 Å². The number of nitrogens with one attached hydrogen (secondary N) is 2. The van der Waals surface area contributed by atoms with Crippen LogP contribution in [0.25, 0.3) is 68.6 Å². The van der Waals surface area contributed by atoms with E-state index in [2.05, 4.69) is 182 Å². The Labute approximate surface area is 709 Å². The average Bonchev–Trinajstić information content (AvgIpc) is 1.54. The lowest BCUT2D eigenvalue weighted by molar-refractivity contribution is 0.234. The third kappa shape index (κ3) is 32.6. The van der Waals surface area contributed by atoms with Gasteiger partial charge in [0.25, 0.3) is 0 Å². The Morgan fingerprint density at radius 2 is 0.509 bits per heavy atom. The first-order valence-electron chi connectivity index (χ1n) is 46.8. The molecule has 0 spiro atoms. The molecular weight excluding hydrogens is 1470 g/mol. The van der Waals surface area contributed by atoms with Crippen molar-refractivity contribution in [1.82, 2.24) is 19.9 Å². The maximum atomic E-state index is 7.10. The lowest BCUT2D eigenvalue weighted by Crippen LogP contribution is -2.07. The summed E-state index contributed by atoms with van der Waals surface area (Å²) in [7, 11) is 0. The van der Waals surface area contributed by atoms with Gasteiger partial charge >= 0.3 is 0 Å². The number of H-pyrrole nitrogens is 2. The van der Waals surface area contributed by atoms with Crippen LogP contribution in [0.1, 0.15) is 395 Å². The Morgan fingerprint density at radius 3 is 0.767 bits per heavy atom. The van der Waals surface area contributed by atoms with Gasteiger partial charge in [0.05, 0.1) is 84.6 Å². The van der Waals surface area contributed by atoms with E-state index in [-0.39, 0.29) is 0 Å². The fourth-order valence-electron chi connectivity index (χ4n) is 15.7. The third-order valence-corrected chi connectivity index (χ3v) is 24.0. The highest BCUT2D eigenvalue weighted by atomic mass is 32.1. The van der Waals surface area contributed by atoms with E-state index < -0.39 is 0 Å². The van der Waals surface area contributed by atoms with E-state index in [1.165, 1.54) is 231 Å². The van der Waals surface area contributed by atoms with Gasteiger partial charge in [-0.2, -0.15) is 22.7 Å². The number of hydrogen-bond acceptors (Lipinski definition) is 10. The molecule has 2 N–H and O–H groups in total. The second-order valence-corrected chi connectivity index (χ2v) is 34.1. The molecule has 5 aromatic heterocycles. The molecule has 2 aliphatic rings. The molecule has 7 heterocycles. The minimum atomic E-state index is 0.570. The summed E-state index contributed by atoms with van der Waals surface area (Å²) in [5.74, 6) is 18.7. The average molecular weight is 1610 g/mol. The Hall–Kier alpha value is -7.64. The minimum Gasteiger partial charge on any atom is -0.490 e. The second-order valence-electron chi connectivity index (χ2n) is 32.6. The number of thiophene rings is 2. The maximum Gasteiger partial charge on any atom is 0.203 e. The summed E-state index contributed by atoms with van der Waals surface area (Å²) in [5.41, 5.74) is 13.4. The van der Waals surface area contributed by atoms with Gasteiger partial charge < -0.3 is 38.4 Å². The van der Waals surface area contributed by atoms with Gasteiger partial charge in [-0.25, -0.2) is 9.97 Å². The van der Waals surface area contributed by atoms with Crippen LogP contribution in [-0.4, -0.2) is 59.6 Å². The van der Waals surface area contributed by atoms with Crippen molar-refractivity contribution in [3.05, 3.63) is 127 Å². The Bertz CT molecular complexity index is 3890. The number of aromatic amines is 2. The molecule has 116 heavy (non-hydrogen) atoms. The number of hydrogen-bond donors (Lipinski definition) is 2. The first kappa shape index (κ1) is 92.2. The number of ether oxygens (including phenoxy) is 6. The van der Waals surface area contributed by atoms with Gasteiger partial charge in [0.15, 0.2) is 23.0 Å². The predicted molar refractivity (Wildman–Crippen MR) is 499 cm³/mol. The number of nitrogens with zero attached hydrogens (tertiary/aromatic N) is 2. The number of rotatable bonds is 62. The highest BCUT2D eigenvalue weighted by Gasteiger charge is 2.25. The van der Waals surface area contributed by atoms with Gasteiger partial charge in [-0.1, -0.05) is 335 Å². The van der Waals surface area contributed by atoms with Crippen molar-refractivity contribution >= 4 is 69.0 Å². The molecule has 0 saturated carbocycles. The van der Waals surface area contributed by atoms with E-state index in [9.17, 15) is 0 Å². The van der Waals surface area contributed by atoms with Crippen LogP contribution in [-0.2, 0) is 0 Å². The predicted octanol–water partition coefficient (Wildman–Crippen LogP) is 32.0.